The van der Waals surface area contributed by atoms with Gasteiger partial charge in [0, 0.05) is 6.42 Å². The number of aromatic amines is 1. The van der Waals surface area contributed by atoms with Crippen molar-refractivity contribution in [3.63, 3.8) is 0 Å². The number of para-hydroxylation sites is 2. The van der Waals surface area contributed by atoms with Gasteiger partial charge in [-0.05, 0) is 18.6 Å². The summed E-state index contributed by atoms with van der Waals surface area (Å²) < 4.78 is 14.3. The monoisotopic (exact) mass is 390 g/mol. The number of nitrogens with zero attached hydrogens (tertiary/aromatic N) is 3. The number of hydrogen-bond donors (Lipinski definition) is 2. The second-order valence-electron chi connectivity index (χ2n) is 7.40. The number of fused-ring (bicyclic) bond motifs is 1. The van der Waals surface area contributed by atoms with Crippen molar-refractivity contribution in [2.75, 3.05) is 13.1 Å². The molecule has 8 heteroatoms. The van der Waals surface area contributed by atoms with Gasteiger partial charge in [0.25, 0.3) is 0 Å². The molecule has 1 fully saturated rings. The summed E-state index contributed by atoms with van der Waals surface area (Å²) in [7, 11) is 0. The van der Waals surface area contributed by atoms with E-state index in [-0.39, 0.29) is 25.4 Å². The lowest BCUT2D eigenvalue weighted by atomic mass is 9.99. The highest BCUT2D eigenvalue weighted by molar-refractivity contribution is 5.80. The molecule has 2 aromatic rings. The molecule has 2 N–H and O–H groups in total. The number of amides is 2. The maximum Gasteiger partial charge on any atom is 0.233 e. The number of alkyl halides is 1. The highest BCUT2D eigenvalue weighted by Gasteiger charge is 2.40. The molecule has 0 saturated carbocycles. The summed E-state index contributed by atoms with van der Waals surface area (Å²) >= 11 is 0. The maximum atomic E-state index is 14.3. The summed E-state index contributed by atoms with van der Waals surface area (Å²) in [6.45, 7) is 1.97. The fourth-order valence-electron chi connectivity index (χ4n) is 3.85. The van der Waals surface area contributed by atoms with Gasteiger partial charge in [0.15, 0.2) is 0 Å². The number of unbranched alkanes of at least 4 members (excludes halogenated alkanes) is 2. The minimum Gasteiger partial charge on any atom is -0.340 e. The molecule has 3 atom stereocenters. The van der Waals surface area contributed by atoms with E-state index in [1.165, 1.54) is 4.90 Å². The van der Waals surface area contributed by atoms with Gasteiger partial charge in [-0.2, -0.15) is 0 Å². The number of carbonyl (C=O) groups is 2. The van der Waals surface area contributed by atoms with E-state index in [1.54, 1.807) is 0 Å². The fourth-order valence-corrected chi connectivity index (χ4v) is 3.85. The third kappa shape index (κ3) is 4.49. The Kier molecular flexibility index (Phi) is 6.61. The molecule has 1 saturated heterocycles. The molecular formula is C20H27FN4O3. The first-order valence-corrected chi connectivity index (χ1v) is 9.83. The average Bonchev–Trinajstić information content (AvgIpc) is 3.29. The number of H-pyrrole nitrogens is 1. The van der Waals surface area contributed by atoms with Crippen LogP contribution in [-0.2, 0) is 9.59 Å². The molecule has 1 aliphatic rings. The summed E-state index contributed by atoms with van der Waals surface area (Å²) in [5, 5.41) is 10.1. The molecule has 2 heterocycles. The first-order valence-electron chi connectivity index (χ1n) is 9.83. The molecule has 0 aliphatic carbocycles. The Balaban J connectivity index is 1.81. The Morgan fingerprint density at radius 2 is 2.25 bits per heavy atom. The second-order valence-corrected chi connectivity index (χ2v) is 7.40. The van der Waals surface area contributed by atoms with Gasteiger partial charge in [-0.15, -0.1) is 0 Å². The number of rotatable bonds is 9. The predicted octanol–water partition coefficient (Wildman–Crippen LogP) is 3.22. The van der Waals surface area contributed by atoms with Gasteiger partial charge in [0.05, 0.1) is 36.1 Å². The van der Waals surface area contributed by atoms with E-state index in [2.05, 4.69) is 16.9 Å². The summed E-state index contributed by atoms with van der Waals surface area (Å²) in [6.07, 6.45) is 2.64. The number of likely N-dealkylation sites (tertiary alicyclic amines) is 1. The largest absolute Gasteiger partial charge is 0.340 e. The topological polar surface area (TPSA) is 89.5 Å². The SMILES string of the molecule is CCCCC[C@H](CN(O)C=O)C(=O)N1CC(F)C[C@H]1c1nc2ccccc2[nH]1. The van der Waals surface area contributed by atoms with Gasteiger partial charge in [-0.25, -0.2) is 14.4 Å². The lowest BCUT2D eigenvalue weighted by molar-refractivity contribution is -0.157. The van der Waals surface area contributed by atoms with Crippen molar-refractivity contribution in [1.29, 1.82) is 0 Å². The summed E-state index contributed by atoms with van der Waals surface area (Å²) in [5.41, 5.74) is 1.61. The Morgan fingerprint density at radius 3 is 2.96 bits per heavy atom. The molecule has 0 bridgehead atoms. The number of imidazole rings is 1. The molecule has 0 spiro atoms. The van der Waals surface area contributed by atoms with Crippen molar-refractivity contribution >= 4 is 23.4 Å². The van der Waals surface area contributed by atoms with Crippen molar-refractivity contribution in [3.8, 4) is 0 Å². The Morgan fingerprint density at radius 1 is 1.46 bits per heavy atom. The highest BCUT2D eigenvalue weighted by atomic mass is 19.1. The van der Waals surface area contributed by atoms with Crippen molar-refractivity contribution in [1.82, 2.24) is 19.9 Å². The summed E-state index contributed by atoms with van der Waals surface area (Å²) in [4.78, 5) is 33.3. The fraction of sp³-hybridized carbons (Fsp3) is 0.550. The molecular weight excluding hydrogens is 363 g/mol. The molecule has 0 radical (unpaired) electrons. The number of halogens is 1. The molecule has 152 valence electrons. The van der Waals surface area contributed by atoms with Gasteiger partial charge in [-0.1, -0.05) is 38.3 Å². The minimum absolute atomic E-state index is 0.00264. The van der Waals surface area contributed by atoms with E-state index in [0.29, 0.717) is 23.7 Å². The van der Waals surface area contributed by atoms with Gasteiger partial charge >= 0.3 is 0 Å². The van der Waals surface area contributed by atoms with Crippen LogP contribution in [0.15, 0.2) is 24.3 Å². The van der Waals surface area contributed by atoms with Crippen LogP contribution >= 0.6 is 0 Å². The van der Waals surface area contributed by atoms with Crippen LogP contribution in [0, 0.1) is 5.92 Å². The standard InChI is InChI=1S/C20H27FN4O3/c1-2-3-4-7-14(11-24(28)13-26)20(27)25-12-15(21)10-18(25)19-22-16-8-5-6-9-17(16)23-19/h5-6,8-9,13-15,18,28H,2-4,7,10-12H2,1H3,(H,22,23)/t14-,15?,18+/m1/s1. The van der Waals surface area contributed by atoms with E-state index in [1.807, 2.05) is 24.3 Å². The number of benzene rings is 1. The number of carbonyl (C=O) groups excluding carboxylic acids is 2. The molecule has 28 heavy (non-hydrogen) atoms. The Labute approximate surface area is 163 Å². The Bertz CT molecular complexity index is 779. The third-order valence-corrected chi connectivity index (χ3v) is 5.29. The van der Waals surface area contributed by atoms with Crippen LogP contribution in [0.5, 0.6) is 0 Å². The number of hydroxylamine groups is 2. The van der Waals surface area contributed by atoms with E-state index < -0.39 is 18.1 Å². The highest BCUT2D eigenvalue weighted by Crippen LogP contribution is 2.35. The van der Waals surface area contributed by atoms with Crippen LogP contribution in [0.1, 0.15) is 50.9 Å². The molecule has 1 aliphatic heterocycles. The smallest absolute Gasteiger partial charge is 0.233 e. The average molecular weight is 390 g/mol. The van der Waals surface area contributed by atoms with Crippen LogP contribution in [-0.4, -0.2) is 56.7 Å². The summed E-state index contributed by atoms with van der Waals surface area (Å²) in [6, 6.07) is 7.04. The van der Waals surface area contributed by atoms with E-state index in [9.17, 15) is 19.2 Å². The van der Waals surface area contributed by atoms with Crippen molar-refractivity contribution in [2.45, 2.75) is 51.2 Å². The van der Waals surface area contributed by atoms with Crippen LogP contribution in [0.25, 0.3) is 11.0 Å². The van der Waals surface area contributed by atoms with Crippen LogP contribution < -0.4 is 0 Å². The third-order valence-electron chi connectivity index (χ3n) is 5.29. The zero-order chi connectivity index (χ0) is 20.1. The molecule has 1 unspecified atom stereocenters. The molecule has 7 nitrogen and oxygen atoms in total. The lowest BCUT2D eigenvalue weighted by Crippen LogP contribution is -2.41. The van der Waals surface area contributed by atoms with E-state index >= 15 is 0 Å². The number of nitrogens with one attached hydrogen (secondary N) is 1. The van der Waals surface area contributed by atoms with Gasteiger partial charge in [-0.3, -0.25) is 14.8 Å². The van der Waals surface area contributed by atoms with Gasteiger partial charge in [0.2, 0.25) is 12.3 Å². The van der Waals surface area contributed by atoms with Crippen molar-refractivity contribution < 1.29 is 19.2 Å². The second kappa shape index (κ2) is 9.14. The first kappa shape index (κ1) is 20.3. The number of hydrogen-bond acceptors (Lipinski definition) is 4. The van der Waals surface area contributed by atoms with Gasteiger partial charge in [0.1, 0.15) is 12.0 Å². The summed E-state index contributed by atoms with van der Waals surface area (Å²) in [5.74, 6) is -0.250. The van der Waals surface area contributed by atoms with E-state index in [0.717, 1.165) is 30.3 Å². The Hall–Kier alpha value is -2.48. The number of aromatic nitrogens is 2. The first-order chi connectivity index (χ1) is 13.5. The minimum atomic E-state index is -1.13. The predicted molar refractivity (Wildman–Crippen MR) is 102 cm³/mol. The normalized spacial score (nSPS) is 20.5. The zero-order valence-corrected chi connectivity index (χ0v) is 16.1. The van der Waals surface area contributed by atoms with Crippen LogP contribution in [0.4, 0.5) is 4.39 Å². The van der Waals surface area contributed by atoms with Crippen molar-refractivity contribution in [3.05, 3.63) is 30.1 Å². The van der Waals surface area contributed by atoms with Crippen molar-refractivity contribution in [2.24, 2.45) is 5.92 Å². The van der Waals surface area contributed by atoms with Gasteiger partial charge < -0.3 is 9.88 Å². The lowest BCUT2D eigenvalue weighted by Gasteiger charge is -2.28. The molecule has 2 amide bonds. The maximum absolute atomic E-state index is 14.3. The molecule has 3 rings (SSSR count). The van der Waals surface area contributed by atoms with Crippen LogP contribution in [0.2, 0.25) is 0 Å². The quantitative estimate of drug-likeness (QED) is 0.298. The van der Waals surface area contributed by atoms with Crippen LogP contribution in [0.3, 0.4) is 0 Å². The molecule has 1 aromatic heterocycles. The zero-order valence-electron chi connectivity index (χ0n) is 16.1. The molecule has 1 aromatic carbocycles. The van der Waals surface area contributed by atoms with E-state index in [4.69, 9.17) is 0 Å².